The van der Waals surface area contributed by atoms with Crippen molar-refractivity contribution >= 4 is 28.9 Å². The minimum atomic E-state index is -1.09. The first kappa shape index (κ1) is 22.9. The van der Waals surface area contributed by atoms with Crippen molar-refractivity contribution in [2.24, 2.45) is 0 Å². The number of nitro benzene ring substituents is 1. The van der Waals surface area contributed by atoms with Crippen LogP contribution in [0.4, 0.5) is 17.1 Å². The van der Waals surface area contributed by atoms with Crippen LogP contribution in [0.2, 0.25) is 0 Å². The Labute approximate surface area is 176 Å². The van der Waals surface area contributed by atoms with Crippen LogP contribution in [0.25, 0.3) is 0 Å². The zero-order chi connectivity index (χ0) is 22.4. The second-order valence-corrected chi connectivity index (χ2v) is 7.29. The number of carbonyl (C=O) groups excluding carboxylic acids is 2. The van der Waals surface area contributed by atoms with Crippen molar-refractivity contribution in [3.05, 3.63) is 63.7 Å². The van der Waals surface area contributed by atoms with E-state index in [1.807, 2.05) is 18.2 Å². The van der Waals surface area contributed by atoms with E-state index in [4.69, 9.17) is 4.74 Å². The van der Waals surface area contributed by atoms with E-state index in [-0.39, 0.29) is 17.2 Å². The van der Waals surface area contributed by atoms with Gasteiger partial charge in [0.2, 0.25) is 0 Å². The average Bonchev–Trinajstić information content (AvgIpc) is 2.72. The SMILES string of the molecule is CC[C@H](C)c1ccccc1NC(=O)[C@@H](C)OC(=O)c1cc([N+](=O)[O-])ccc1N(C)C. The fourth-order valence-corrected chi connectivity index (χ4v) is 2.96. The van der Waals surface area contributed by atoms with Gasteiger partial charge < -0.3 is 15.0 Å². The van der Waals surface area contributed by atoms with Gasteiger partial charge in [-0.05, 0) is 37.0 Å². The van der Waals surface area contributed by atoms with E-state index in [2.05, 4.69) is 19.2 Å². The lowest BCUT2D eigenvalue weighted by Crippen LogP contribution is -2.31. The van der Waals surface area contributed by atoms with Gasteiger partial charge in [-0.2, -0.15) is 0 Å². The number of anilines is 2. The summed E-state index contributed by atoms with van der Waals surface area (Å²) in [5, 5.41) is 13.9. The maximum Gasteiger partial charge on any atom is 0.341 e. The predicted octanol–water partition coefficient (Wildman–Crippen LogP) is 4.36. The number of rotatable bonds is 8. The summed E-state index contributed by atoms with van der Waals surface area (Å²) in [4.78, 5) is 37.5. The minimum Gasteiger partial charge on any atom is -0.449 e. The van der Waals surface area contributed by atoms with Gasteiger partial charge >= 0.3 is 5.97 Å². The van der Waals surface area contributed by atoms with Crippen molar-refractivity contribution in [2.75, 3.05) is 24.3 Å². The molecule has 1 amide bonds. The first-order valence-electron chi connectivity index (χ1n) is 9.72. The standard InChI is InChI=1S/C22H27N3O5/c1-6-14(2)17-9-7-8-10-19(17)23-21(26)15(3)30-22(27)18-13-16(25(28)29)11-12-20(18)24(4)5/h7-15H,6H2,1-5H3,(H,23,26)/t14-,15+/m0/s1. The van der Waals surface area contributed by atoms with Gasteiger partial charge in [0, 0.05) is 31.9 Å². The van der Waals surface area contributed by atoms with Crippen LogP contribution in [0.1, 0.15) is 49.0 Å². The molecule has 30 heavy (non-hydrogen) atoms. The third-order valence-corrected chi connectivity index (χ3v) is 4.91. The zero-order valence-corrected chi connectivity index (χ0v) is 17.8. The van der Waals surface area contributed by atoms with Crippen LogP contribution in [-0.4, -0.2) is 37.0 Å². The molecular formula is C22H27N3O5. The molecule has 0 saturated heterocycles. The molecule has 0 saturated carbocycles. The van der Waals surface area contributed by atoms with Crippen molar-refractivity contribution in [3.63, 3.8) is 0 Å². The van der Waals surface area contributed by atoms with Gasteiger partial charge in [0.25, 0.3) is 11.6 Å². The number of amides is 1. The van der Waals surface area contributed by atoms with E-state index in [9.17, 15) is 19.7 Å². The second kappa shape index (κ2) is 9.87. The Morgan fingerprint density at radius 1 is 1.17 bits per heavy atom. The van der Waals surface area contributed by atoms with Crippen LogP contribution in [0.15, 0.2) is 42.5 Å². The van der Waals surface area contributed by atoms with Crippen molar-refractivity contribution < 1.29 is 19.2 Å². The third kappa shape index (κ3) is 5.34. The lowest BCUT2D eigenvalue weighted by molar-refractivity contribution is -0.384. The summed E-state index contributed by atoms with van der Waals surface area (Å²) in [6.07, 6.45) is -0.172. The Morgan fingerprint density at radius 2 is 1.83 bits per heavy atom. The van der Waals surface area contributed by atoms with Gasteiger partial charge in [-0.3, -0.25) is 14.9 Å². The number of nitro groups is 1. The number of benzene rings is 2. The number of hydrogen-bond donors (Lipinski definition) is 1. The topological polar surface area (TPSA) is 102 Å². The smallest absolute Gasteiger partial charge is 0.341 e. The van der Waals surface area contributed by atoms with Gasteiger partial charge in [0.05, 0.1) is 16.2 Å². The molecule has 0 aromatic heterocycles. The van der Waals surface area contributed by atoms with Crippen LogP contribution in [0.3, 0.4) is 0 Å². The van der Waals surface area contributed by atoms with E-state index in [1.54, 1.807) is 25.1 Å². The Kier molecular flexibility index (Phi) is 7.52. The molecule has 8 heteroatoms. The van der Waals surface area contributed by atoms with Gasteiger partial charge in [-0.25, -0.2) is 4.79 Å². The Morgan fingerprint density at radius 3 is 2.43 bits per heavy atom. The lowest BCUT2D eigenvalue weighted by atomic mass is 9.97. The molecule has 0 aliphatic heterocycles. The fourth-order valence-electron chi connectivity index (χ4n) is 2.96. The number of nitrogens with one attached hydrogen (secondary N) is 1. The van der Waals surface area contributed by atoms with Crippen molar-refractivity contribution in [1.29, 1.82) is 0 Å². The maximum atomic E-state index is 12.7. The van der Waals surface area contributed by atoms with E-state index in [1.165, 1.54) is 19.1 Å². The summed E-state index contributed by atoms with van der Waals surface area (Å²) in [5.41, 5.74) is 1.92. The summed E-state index contributed by atoms with van der Waals surface area (Å²) in [6, 6.07) is 11.4. The number of esters is 1. The zero-order valence-electron chi connectivity index (χ0n) is 17.8. The van der Waals surface area contributed by atoms with Crippen LogP contribution in [-0.2, 0) is 9.53 Å². The highest BCUT2D eigenvalue weighted by atomic mass is 16.6. The molecule has 0 aliphatic carbocycles. The highest BCUT2D eigenvalue weighted by Gasteiger charge is 2.24. The molecule has 2 aromatic carbocycles. The summed E-state index contributed by atoms with van der Waals surface area (Å²) >= 11 is 0. The monoisotopic (exact) mass is 413 g/mol. The molecule has 1 N–H and O–H groups in total. The molecule has 0 heterocycles. The average molecular weight is 413 g/mol. The summed E-state index contributed by atoms with van der Waals surface area (Å²) in [5.74, 6) is -1.02. The third-order valence-electron chi connectivity index (χ3n) is 4.91. The molecule has 160 valence electrons. The molecule has 0 aliphatic rings. The van der Waals surface area contributed by atoms with Gasteiger partial charge in [-0.15, -0.1) is 0 Å². The Bertz CT molecular complexity index is 942. The lowest BCUT2D eigenvalue weighted by Gasteiger charge is -2.20. The van der Waals surface area contributed by atoms with Crippen LogP contribution < -0.4 is 10.2 Å². The molecular weight excluding hydrogens is 386 g/mol. The van der Waals surface area contributed by atoms with E-state index < -0.39 is 22.9 Å². The number of nitrogens with zero attached hydrogens (tertiary/aromatic N) is 2. The van der Waals surface area contributed by atoms with Crippen molar-refractivity contribution in [2.45, 2.75) is 39.2 Å². The number of carbonyl (C=O) groups is 2. The first-order valence-corrected chi connectivity index (χ1v) is 9.72. The maximum absolute atomic E-state index is 12.7. The van der Waals surface area contributed by atoms with E-state index in [0.29, 0.717) is 11.4 Å². The molecule has 0 fully saturated rings. The summed E-state index contributed by atoms with van der Waals surface area (Å²) in [6.45, 7) is 5.60. The minimum absolute atomic E-state index is 0.0221. The Balaban J connectivity index is 2.19. The van der Waals surface area contributed by atoms with Crippen molar-refractivity contribution in [3.8, 4) is 0 Å². The van der Waals surface area contributed by atoms with Crippen LogP contribution in [0, 0.1) is 10.1 Å². The summed E-state index contributed by atoms with van der Waals surface area (Å²) < 4.78 is 5.32. The highest BCUT2D eigenvalue weighted by molar-refractivity contribution is 6.00. The predicted molar refractivity (Wildman–Crippen MR) is 116 cm³/mol. The molecule has 0 bridgehead atoms. The number of ether oxygens (including phenoxy) is 1. The molecule has 8 nitrogen and oxygen atoms in total. The fraction of sp³-hybridized carbons (Fsp3) is 0.364. The highest BCUT2D eigenvalue weighted by Crippen LogP contribution is 2.27. The number of para-hydroxylation sites is 1. The van der Waals surface area contributed by atoms with E-state index >= 15 is 0 Å². The normalized spacial score (nSPS) is 12.6. The molecule has 2 atom stereocenters. The first-order chi connectivity index (χ1) is 14.1. The molecule has 2 aromatic rings. The molecule has 0 unspecified atom stereocenters. The number of hydrogen-bond acceptors (Lipinski definition) is 6. The molecule has 2 rings (SSSR count). The quantitative estimate of drug-likeness (QED) is 0.392. The molecule has 0 radical (unpaired) electrons. The number of non-ortho nitro benzene ring substituents is 1. The summed E-state index contributed by atoms with van der Waals surface area (Å²) in [7, 11) is 3.42. The van der Waals surface area contributed by atoms with Gasteiger partial charge in [0.1, 0.15) is 0 Å². The second-order valence-electron chi connectivity index (χ2n) is 7.29. The van der Waals surface area contributed by atoms with Crippen LogP contribution >= 0.6 is 0 Å². The largest absolute Gasteiger partial charge is 0.449 e. The Hall–Kier alpha value is -3.42. The van der Waals surface area contributed by atoms with Crippen molar-refractivity contribution in [1.82, 2.24) is 0 Å². The molecule has 0 spiro atoms. The van der Waals surface area contributed by atoms with Gasteiger partial charge in [-0.1, -0.05) is 32.0 Å². The van der Waals surface area contributed by atoms with Crippen LogP contribution in [0.5, 0.6) is 0 Å². The van der Waals surface area contributed by atoms with E-state index in [0.717, 1.165) is 18.1 Å². The van der Waals surface area contributed by atoms with Gasteiger partial charge in [0.15, 0.2) is 6.10 Å².